The minimum Gasteiger partial charge on any atom is -0.481 e. The van der Waals surface area contributed by atoms with E-state index in [-0.39, 0.29) is 12.2 Å². The topological polar surface area (TPSA) is 91.7 Å². The zero-order chi connectivity index (χ0) is 20.0. The number of ketones is 1. The summed E-state index contributed by atoms with van der Waals surface area (Å²) in [6.45, 7) is 3.46. The molecule has 2 rings (SSSR count). The summed E-state index contributed by atoms with van der Waals surface area (Å²) in [6.07, 6.45) is 0.467. The van der Waals surface area contributed by atoms with Crippen LogP contribution in [0.15, 0.2) is 54.6 Å². The number of carboxylic acids is 2. The summed E-state index contributed by atoms with van der Waals surface area (Å²) in [7, 11) is 0. The zero-order valence-electron chi connectivity index (χ0n) is 15.5. The van der Waals surface area contributed by atoms with Gasteiger partial charge in [-0.15, -0.1) is 0 Å². The molecular formula is C22H24O5. The number of hydrogen-bond donors (Lipinski definition) is 2. The Kier molecular flexibility index (Phi) is 6.50. The minimum absolute atomic E-state index is 0.117. The van der Waals surface area contributed by atoms with Crippen LogP contribution in [0.4, 0.5) is 0 Å². The van der Waals surface area contributed by atoms with Crippen LogP contribution in [-0.2, 0) is 9.59 Å². The largest absolute Gasteiger partial charge is 0.481 e. The first-order valence-electron chi connectivity index (χ1n) is 8.99. The van der Waals surface area contributed by atoms with Crippen LogP contribution in [-0.4, -0.2) is 27.9 Å². The highest BCUT2D eigenvalue weighted by Gasteiger charge is 2.46. The van der Waals surface area contributed by atoms with E-state index in [9.17, 15) is 24.6 Å². The number of hydrogen-bond acceptors (Lipinski definition) is 3. The van der Waals surface area contributed by atoms with Crippen LogP contribution >= 0.6 is 0 Å². The number of carboxylic acid groups (broad SMARTS) is 2. The van der Waals surface area contributed by atoms with Crippen LogP contribution < -0.4 is 0 Å². The van der Waals surface area contributed by atoms with E-state index in [1.54, 1.807) is 26.0 Å². The maximum Gasteiger partial charge on any atom is 0.318 e. The Hall–Kier alpha value is -2.95. The number of Topliss-reactive ketones (excluding diaryl/α,β-unsaturated/α-hetero) is 1. The Bertz CT molecular complexity index is 790. The average Bonchev–Trinajstić information content (AvgIpc) is 2.67. The minimum atomic E-state index is -1.61. The third kappa shape index (κ3) is 4.42. The van der Waals surface area contributed by atoms with Crippen molar-refractivity contribution in [3.05, 3.63) is 60.2 Å². The van der Waals surface area contributed by atoms with Crippen molar-refractivity contribution in [3.63, 3.8) is 0 Å². The zero-order valence-corrected chi connectivity index (χ0v) is 15.5. The molecule has 0 aliphatic carbocycles. The molecule has 0 saturated carbocycles. The van der Waals surface area contributed by atoms with Gasteiger partial charge < -0.3 is 10.2 Å². The number of carbonyl (C=O) groups excluding carboxylic acids is 1. The van der Waals surface area contributed by atoms with Crippen molar-refractivity contribution in [1.29, 1.82) is 0 Å². The number of aliphatic carboxylic acids is 2. The second kappa shape index (κ2) is 8.62. The van der Waals surface area contributed by atoms with Gasteiger partial charge in [0.05, 0.1) is 0 Å². The smallest absolute Gasteiger partial charge is 0.318 e. The fourth-order valence-corrected chi connectivity index (χ4v) is 3.54. The van der Waals surface area contributed by atoms with Gasteiger partial charge in [0.15, 0.2) is 11.7 Å². The van der Waals surface area contributed by atoms with Crippen molar-refractivity contribution in [2.24, 2.45) is 11.3 Å². The SMILES string of the molecule is CCC(CC)(CC(=O)c1ccc(-c2ccccc2)cc1)C(C(=O)O)C(=O)O. The van der Waals surface area contributed by atoms with Gasteiger partial charge in [-0.2, -0.15) is 0 Å². The lowest BCUT2D eigenvalue weighted by atomic mass is 9.67. The molecule has 0 amide bonds. The lowest BCUT2D eigenvalue weighted by Crippen LogP contribution is -2.42. The van der Waals surface area contributed by atoms with Gasteiger partial charge in [-0.25, -0.2) is 0 Å². The van der Waals surface area contributed by atoms with Crippen molar-refractivity contribution < 1.29 is 24.6 Å². The summed E-state index contributed by atoms with van der Waals surface area (Å²) < 4.78 is 0. The van der Waals surface area contributed by atoms with Crippen LogP contribution in [0.25, 0.3) is 11.1 Å². The van der Waals surface area contributed by atoms with E-state index < -0.39 is 23.3 Å². The van der Waals surface area contributed by atoms with Gasteiger partial charge in [-0.05, 0) is 24.0 Å². The highest BCUT2D eigenvalue weighted by molar-refractivity contribution is 5.99. The molecule has 2 N–H and O–H groups in total. The molecule has 0 aromatic heterocycles. The highest BCUT2D eigenvalue weighted by atomic mass is 16.4. The third-order valence-corrected chi connectivity index (χ3v) is 5.34. The summed E-state index contributed by atoms with van der Waals surface area (Å²) in [5.74, 6) is -4.66. The summed E-state index contributed by atoms with van der Waals surface area (Å²) in [6, 6.07) is 16.8. The van der Waals surface area contributed by atoms with Crippen LogP contribution in [0, 0.1) is 11.3 Å². The van der Waals surface area contributed by atoms with Crippen LogP contribution in [0.1, 0.15) is 43.5 Å². The van der Waals surface area contributed by atoms with E-state index in [0.29, 0.717) is 18.4 Å². The third-order valence-electron chi connectivity index (χ3n) is 5.34. The summed E-state index contributed by atoms with van der Waals surface area (Å²) in [4.78, 5) is 35.9. The quantitative estimate of drug-likeness (QED) is 0.501. The van der Waals surface area contributed by atoms with Crippen molar-refractivity contribution in [3.8, 4) is 11.1 Å². The Morgan fingerprint density at radius 2 is 1.30 bits per heavy atom. The lowest BCUT2D eigenvalue weighted by molar-refractivity contribution is -0.161. The Morgan fingerprint density at radius 1 is 0.815 bits per heavy atom. The number of carbonyl (C=O) groups is 3. The van der Waals surface area contributed by atoms with E-state index in [4.69, 9.17) is 0 Å². The predicted octanol–water partition coefficient (Wildman–Crippen LogP) is 4.52. The molecule has 0 aliphatic rings. The van der Waals surface area contributed by atoms with E-state index in [0.717, 1.165) is 11.1 Å². The van der Waals surface area contributed by atoms with Crippen LogP contribution in [0.5, 0.6) is 0 Å². The fraction of sp³-hybridized carbons (Fsp3) is 0.318. The fourth-order valence-electron chi connectivity index (χ4n) is 3.54. The van der Waals surface area contributed by atoms with Gasteiger partial charge in [0.25, 0.3) is 0 Å². The second-order valence-electron chi connectivity index (χ2n) is 6.72. The second-order valence-corrected chi connectivity index (χ2v) is 6.72. The van der Waals surface area contributed by atoms with Crippen LogP contribution in [0.3, 0.4) is 0 Å². The molecule has 0 bridgehead atoms. The molecule has 0 heterocycles. The first-order valence-corrected chi connectivity index (χ1v) is 8.99. The first kappa shape index (κ1) is 20.4. The maximum atomic E-state index is 12.8. The maximum absolute atomic E-state index is 12.8. The van der Waals surface area contributed by atoms with Gasteiger partial charge in [0, 0.05) is 17.4 Å². The molecule has 0 aliphatic heterocycles. The molecule has 0 atom stereocenters. The monoisotopic (exact) mass is 368 g/mol. The predicted molar refractivity (Wildman–Crippen MR) is 103 cm³/mol. The molecule has 2 aromatic rings. The summed E-state index contributed by atoms with van der Waals surface area (Å²) >= 11 is 0. The molecule has 0 saturated heterocycles. The molecule has 142 valence electrons. The van der Waals surface area contributed by atoms with Gasteiger partial charge in [-0.3, -0.25) is 14.4 Å². The summed E-state index contributed by atoms with van der Waals surface area (Å²) in [5.41, 5.74) is 1.34. The van der Waals surface area contributed by atoms with Crippen LogP contribution in [0.2, 0.25) is 0 Å². The number of benzene rings is 2. The Balaban J connectivity index is 2.27. The van der Waals surface area contributed by atoms with Crippen molar-refractivity contribution >= 4 is 17.7 Å². The summed E-state index contributed by atoms with van der Waals surface area (Å²) in [5, 5.41) is 18.8. The molecule has 0 spiro atoms. The average molecular weight is 368 g/mol. The molecule has 27 heavy (non-hydrogen) atoms. The molecule has 0 radical (unpaired) electrons. The lowest BCUT2D eigenvalue weighted by Gasteiger charge is -2.34. The van der Waals surface area contributed by atoms with Crippen molar-refractivity contribution in [2.45, 2.75) is 33.1 Å². The highest BCUT2D eigenvalue weighted by Crippen LogP contribution is 2.40. The van der Waals surface area contributed by atoms with Gasteiger partial charge >= 0.3 is 11.9 Å². The first-order chi connectivity index (χ1) is 12.8. The normalized spacial score (nSPS) is 11.4. The molecule has 5 nitrogen and oxygen atoms in total. The Labute approximate surface area is 158 Å². The van der Waals surface area contributed by atoms with E-state index >= 15 is 0 Å². The van der Waals surface area contributed by atoms with Gasteiger partial charge in [0.1, 0.15) is 0 Å². The number of rotatable bonds is 9. The molecule has 2 aromatic carbocycles. The van der Waals surface area contributed by atoms with Gasteiger partial charge in [-0.1, -0.05) is 68.4 Å². The molecule has 5 heteroatoms. The molecular weight excluding hydrogens is 344 g/mol. The molecule has 0 unspecified atom stereocenters. The van der Waals surface area contributed by atoms with Crippen molar-refractivity contribution in [2.75, 3.05) is 0 Å². The van der Waals surface area contributed by atoms with Gasteiger partial charge in [0.2, 0.25) is 0 Å². The van der Waals surface area contributed by atoms with E-state index in [1.165, 1.54) is 0 Å². The van der Waals surface area contributed by atoms with Crippen molar-refractivity contribution in [1.82, 2.24) is 0 Å². The van der Waals surface area contributed by atoms with E-state index in [2.05, 4.69) is 0 Å². The molecule has 0 fully saturated rings. The standard InChI is InChI=1S/C22H24O5/c1-3-22(4-2,19(20(24)25)21(26)27)14-18(23)17-12-10-16(11-13-17)15-8-6-5-7-9-15/h5-13,19H,3-4,14H2,1-2H3,(H,24,25)(H,26,27). The Morgan fingerprint density at radius 3 is 1.74 bits per heavy atom. The van der Waals surface area contributed by atoms with E-state index in [1.807, 2.05) is 42.5 Å².